The van der Waals surface area contributed by atoms with Crippen molar-refractivity contribution < 1.29 is 29.2 Å². The number of methoxy groups -OCH3 is 2. The third-order valence-corrected chi connectivity index (χ3v) is 7.76. The van der Waals surface area contributed by atoms with E-state index >= 15 is 0 Å². The summed E-state index contributed by atoms with van der Waals surface area (Å²) in [5.41, 5.74) is 7.75. The van der Waals surface area contributed by atoms with E-state index in [1.54, 1.807) is 14.2 Å². The van der Waals surface area contributed by atoms with Crippen LogP contribution in [-0.4, -0.2) is 67.3 Å². The van der Waals surface area contributed by atoms with Gasteiger partial charge in [0.05, 0.1) is 27.4 Å². The summed E-state index contributed by atoms with van der Waals surface area (Å²) in [6, 6.07) is 13.9. The lowest BCUT2D eigenvalue weighted by atomic mass is 9.80. The Morgan fingerprint density at radius 3 is 1.93 bits per heavy atom. The number of ether oxygens (including phenoxy) is 4. The highest BCUT2D eigenvalue weighted by atomic mass is 16.5. The fraction of sp³-hybridized carbons (Fsp3) is 0.412. The first-order chi connectivity index (χ1) is 21.5. The molecule has 0 aliphatic heterocycles. The van der Waals surface area contributed by atoms with Gasteiger partial charge in [-0.2, -0.15) is 9.97 Å². The molecule has 4 N–H and O–H groups in total. The zero-order valence-electron chi connectivity index (χ0n) is 26.1. The van der Waals surface area contributed by atoms with Crippen LogP contribution in [0.3, 0.4) is 0 Å². The quantitative estimate of drug-likeness (QED) is 0.168. The number of aliphatic hydroxyl groups excluding tert-OH is 2. The van der Waals surface area contributed by atoms with Gasteiger partial charge in [0.1, 0.15) is 13.2 Å². The zero-order valence-corrected chi connectivity index (χ0v) is 26.1. The van der Waals surface area contributed by atoms with Gasteiger partial charge in [-0.15, -0.1) is 0 Å². The number of rotatable bonds is 17. The van der Waals surface area contributed by atoms with Gasteiger partial charge in [0.25, 0.3) is 0 Å². The number of benzene rings is 1. The molecular formula is C34H44N4O6. The average Bonchev–Trinajstić information content (AvgIpc) is 3.05. The fourth-order valence-corrected chi connectivity index (χ4v) is 5.23. The molecule has 0 amide bonds. The number of hydrogen-bond acceptors (Lipinski definition) is 10. The molecule has 236 valence electrons. The largest absolute Gasteiger partial charge is 0.481 e. The molecule has 0 saturated carbocycles. The maximum absolute atomic E-state index is 9.01. The highest BCUT2D eigenvalue weighted by Gasteiger charge is 2.22. The molecule has 10 heteroatoms. The second-order valence-electron chi connectivity index (χ2n) is 10.5. The Hall–Kier alpha value is -3.96. The summed E-state index contributed by atoms with van der Waals surface area (Å²) in [4.78, 5) is 9.05. The lowest BCUT2D eigenvalue weighted by Crippen LogP contribution is -2.18. The van der Waals surface area contributed by atoms with Crippen molar-refractivity contribution in [3.8, 4) is 23.5 Å². The van der Waals surface area contributed by atoms with Gasteiger partial charge in [0.15, 0.2) is 0 Å². The molecule has 4 rings (SSSR count). The van der Waals surface area contributed by atoms with E-state index in [-0.39, 0.29) is 19.1 Å². The molecule has 1 unspecified atom stereocenters. The van der Waals surface area contributed by atoms with E-state index in [0.29, 0.717) is 62.9 Å². The Balaban J connectivity index is 1.43. The van der Waals surface area contributed by atoms with Gasteiger partial charge in [-0.05, 0) is 54.7 Å². The molecular weight excluding hydrogens is 560 g/mol. The molecule has 1 aliphatic carbocycles. The fourth-order valence-electron chi connectivity index (χ4n) is 5.23. The standard InChI is InChI=1S/C34H44N4O6/c1-23-27(21-43-31-13-11-25(19-35-15-17-39)33(37-31)41-3)7-5-9-29(23)30-10-6-8-28(24(30)2)22-44-32-14-12-26(20-36-16-18-40)34(38-32)42-4/h5-9,11-14,30,35-36,39-40H,10,15-22H2,1-4H3. The van der Waals surface area contributed by atoms with Gasteiger partial charge in [-0.3, -0.25) is 0 Å². The van der Waals surface area contributed by atoms with E-state index in [0.717, 1.165) is 28.7 Å². The van der Waals surface area contributed by atoms with Crippen LogP contribution in [0.4, 0.5) is 0 Å². The summed E-state index contributed by atoms with van der Waals surface area (Å²) in [5.74, 6) is 2.23. The highest BCUT2D eigenvalue weighted by Crippen LogP contribution is 2.37. The SMILES string of the molecule is COc1nc(OCC2=C(C)C(c3cccc(COc4ccc(CNCCO)c(OC)n4)c3C)CC=C2)ccc1CNCCO. The van der Waals surface area contributed by atoms with Crippen LogP contribution in [0.1, 0.15) is 47.1 Å². The molecule has 1 aromatic carbocycles. The lowest BCUT2D eigenvalue weighted by molar-refractivity contribution is 0.283. The number of nitrogens with one attached hydrogen (secondary N) is 2. The summed E-state index contributed by atoms with van der Waals surface area (Å²) in [5, 5.41) is 24.3. The van der Waals surface area contributed by atoms with Crippen LogP contribution in [-0.2, 0) is 19.7 Å². The molecule has 0 bridgehead atoms. The molecule has 0 fully saturated rings. The number of aromatic nitrogens is 2. The molecule has 0 spiro atoms. The monoisotopic (exact) mass is 604 g/mol. The molecule has 2 heterocycles. The lowest BCUT2D eigenvalue weighted by Gasteiger charge is -2.26. The van der Waals surface area contributed by atoms with Crippen LogP contribution in [0.15, 0.2) is 65.8 Å². The Kier molecular flexibility index (Phi) is 12.6. The van der Waals surface area contributed by atoms with Crippen molar-refractivity contribution in [3.63, 3.8) is 0 Å². The third-order valence-electron chi connectivity index (χ3n) is 7.76. The Morgan fingerprint density at radius 1 is 0.773 bits per heavy atom. The van der Waals surface area contributed by atoms with Crippen molar-refractivity contribution >= 4 is 0 Å². The smallest absolute Gasteiger partial charge is 0.220 e. The van der Waals surface area contributed by atoms with Crippen LogP contribution in [0.2, 0.25) is 0 Å². The molecule has 1 atom stereocenters. The van der Waals surface area contributed by atoms with Crippen molar-refractivity contribution in [2.24, 2.45) is 0 Å². The van der Waals surface area contributed by atoms with Crippen LogP contribution < -0.4 is 29.6 Å². The highest BCUT2D eigenvalue weighted by molar-refractivity contribution is 5.45. The van der Waals surface area contributed by atoms with E-state index in [9.17, 15) is 0 Å². The van der Waals surface area contributed by atoms with Crippen molar-refractivity contribution in [2.45, 2.75) is 45.9 Å². The van der Waals surface area contributed by atoms with Gasteiger partial charge in [-0.25, -0.2) is 0 Å². The predicted octanol–water partition coefficient (Wildman–Crippen LogP) is 3.98. The van der Waals surface area contributed by atoms with E-state index in [1.165, 1.54) is 16.7 Å². The summed E-state index contributed by atoms with van der Waals surface area (Å²) in [7, 11) is 3.18. The zero-order chi connectivity index (χ0) is 31.3. The first-order valence-corrected chi connectivity index (χ1v) is 14.9. The summed E-state index contributed by atoms with van der Waals surface area (Å²) in [6.45, 7) is 7.36. The van der Waals surface area contributed by atoms with Crippen molar-refractivity contribution in [2.75, 3.05) is 47.1 Å². The molecule has 0 radical (unpaired) electrons. The minimum absolute atomic E-state index is 0.0738. The summed E-state index contributed by atoms with van der Waals surface area (Å²) >= 11 is 0. The van der Waals surface area contributed by atoms with E-state index in [1.807, 2.05) is 24.3 Å². The average molecular weight is 605 g/mol. The minimum atomic E-state index is 0.0738. The van der Waals surface area contributed by atoms with Gasteiger partial charge in [-0.1, -0.05) is 35.9 Å². The number of aliphatic hydroxyl groups is 2. The van der Waals surface area contributed by atoms with Gasteiger partial charge in [0, 0.05) is 55.4 Å². The van der Waals surface area contributed by atoms with Crippen molar-refractivity contribution in [1.29, 1.82) is 0 Å². The van der Waals surface area contributed by atoms with E-state index < -0.39 is 0 Å². The summed E-state index contributed by atoms with van der Waals surface area (Å²) in [6.07, 6.45) is 5.25. The van der Waals surface area contributed by atoms with Gasteiger partial charge >= 0.3 is 0 Å². The maximum atomic E-state index is 9.01. The molecule has 44 heavy (non-hydrogen) atoms. The molecule has 0 saturated heterocycles. The van der Waals surface area contributed by atoms with Crippen LogP contribution in [0.5, 0.6) is 23.5 Å². The first-order valence-electron chi connectivity index (χ1n) is 14.9. The van der Waals surface area contributed by atoms with Crippen molar-refractivity contribution in [3.05, 3.63) is 93.6 Å². The molecule has 2 aromatic heterocycles. The van der Waals surface area contributed by atoms with E-state index in [2.05, 4.69) is 64.8 Å². The minimum Gasteiger partial charge on any atom is -0.481 e. The van der Waals surface area contributed by atoms with Crippen LogP contribution in [0, 0.1) is 6.92 Å². The van der Waals surface area contributed by atoms with Gasteiger partial charge < -0.3 is 39.8 Å². The second kappa shape index (κ2) is 16.8. The number of nitrogens with zero attached hydrogens (tertiary/aromatic N) is 2. The Morgan fingerprint density at radius 2 is 1.36 bits per heavy atom. The third kappa shape index (κ3) is 8.57. The van der Waals surface area contributed by atoms with Crippen LogP contribution >= 0.6 is 0 Å². The number of pyridine rings is 2. The van der Waals surface area contributed by atoms with E-state index in [4.69, 9.17) is 29.2 Å². The van der Waals surface area contributed by atoms with Gasteiger partial charge in [0.2, 0.25) is 23.5 Å². The Labute approximate surface area is 259 Å². The maximum Gasteiger partial charge on any atom is 0.220 e. The number of hydrogen-bond donors (Lipinski definition) is 4. The normalized spacial score (nSPS) is 14.5. The molecule has 3 aromatic rings. The second-order valence-corrected chi connectivity index (χ2v) is 10.5. The Bertz CT molecular complexity index is 1440. The van der Waals surface area contributed by atoms with Crippen molar-refractivity contribution in [1.82, 2.24) is 20.6 Å². The van der Waals surface area contributed by atoms with Crippen LogP contribution in [0.25, 0.3) is 0 Å². The topological polar surface area (TPSA) is 127 Å². The number of allylic oxidation sites excluding steroid dienone is 2. The summed E-state index contributed by atoms with van der Waals surface area (Å²) < 4.78 is 23.1. The predicted molar refractivity (Wildman–Crippen MR) is 169 cm³/mol. The first kappa shape index (κ1) is 32.9. The molecule has 1 aliphatic rings. The molecule has 10 nitrogen and oxygen atoms in total.